The second-order valence-electron chi connectivity index (χ2n) is 3.08. The quantitative estimate of drug-likeness (QED) is 0.564. The second-order valence-corrected chi connectivity index (χ2v) is 3.47. The van der Waals surface area contributed by atoms with Crippen molar-refractivity contribution in [1.82, 2.24) is 4.98 Å². The molecule has 4 heteroatoms. The van der Waals surface area contributed by atoms with Crippen molar-refractivity contribution in [3.8, 4) is 0 Å². The van der Waals surface area contributed by atoms with Gasteiger partial charge in [0.1, 0.15) is 5.15 Å². The molecule has 0 saturated carbocycles. The molecule has 0 bridgehead atoms. The van der Waals surface area contributed by atoms with E-state index in [1.54, 1.807) is 12.3 Å². The number of nitrogens with one attached hydrogen (secondary N) is 1. The van der Waals surface area contributed by atoms with E-state index in [-0.39, 0.29) is 6.61 Å². The lowest BCUT2D eigenvalue weighted by atomic mass is 10.2. The van der Waals surface area contributed by atoms with Gasteiger partial charge in [-0.05, 0) is 31.4 Å². The molecular formula is C10H15ClN2O. The highest BCUT2D eigenvalue weighted by atomic mass is 35.5. The molecule has 3 nitrogen and oxygen atoms in total. The minimum Gasteiger partial charge on any atom is -0.396 e. The Labute approximate surface area is 89.1 Å². The third kappa shape index (κ3) is 4.44. The molecule has 0 fully saturated rings. The van der Waals surface area contributed by atoms with Crippen LogP contribution in [0.15, 0.2) is 18.3 Å². The average molecular weight is 215 g/mol. The summed E-state index contributed by atoms with van der Waals surface area (Å²) in [6.45, 7) is 1.18. The van der Waals surface area contributed by atoms with Gasteiger partial charge in [0.25, 0.3) is 0 Å². The van der Waals surface area contributed by atoms with Gasteiger partial charge in [0.05, 0.1) is 0 Å². The molecule has 0 aliphatic rings. The van der Waals surface area contributed by atoms with Gasteiger partial charge in [-0.2, -0.15) is 0 Å². The molecule has 0 aliphatic heterocycles. The summed E-state index contributed by atoms with van der Waals surface area (Å²) >= 11 is 5.72. The van der Waals surface area contributed by atoms with Crippen LogP contribution in [0.3, 0.4) is 0 Å². The van der Waals surface area contributed by atoms with E-state index >= 15 is 0 Å². The maximum Gasteiger partial charge on any atom is 0.131 e. The molecule has 2 N–H and O–H groups in total. The number of aliphatic hydroxyl groups is 1. The van der Waals surface area contributed by atoms with Crippen molar-refractivity contribution >= 4 is 17.3 Å². The summed E-state index contributed by atoms with van der Waals surface area (Å²) in [6.07, 6.45) is 4.65. The van der Waals surface area contributed by atoms with E-state index < -0.39 is 0 Å². The van der Waals surface area contributed by atoms with Gasteiger partial charge >= 0.3 is 0 Å². The maximum atomic E-state index is 8.57. The molecule has 0 unspecified atom stereocenters. The molecule has 1 rings (SSSR count). The predicted molar refractivity (Wildman–Crippen MR) is 58.7 cm³/mol. The van der Waals surface area contributed by atoms with Crippen LogP contribution in [0.1, 0.15) is 19.3 Å². The van der Waals surface area contributed by atoms with E-state index in [2.05, 4.69) is 10.3 Å². The Hall–Kier alpha value is -0.800. The average Bonchev–Trinajstić information content (AvgIpc) is 2.18. The Bertz CT molecular complexity index is 268. The Morgan fingerprint density at radius 2 is 2.21 bits per heavy atom. The highest BCUT2D eigenvalue weighted by Gasteiger charge is 1.93. The number of halogens is 1. The molecule has 0 spiro atoms. The molecule has 0 saturated heterocycles. The Kier molecular flexibility index (Phi) is 5.33. The van der Waals surface area contributed by atoms with Crippen molar-refractivity contribution in [2.24, 2.45) is 0 Å². The molecule has 0 aromatic carbocycles. The minimum absolute atomic E-state index is 0.279. The van der Waals surface area contributed by atoms with E-state index in [0.717, 1.165) is 31.5 Å². The van der Waals surface area contributed by atoms with Crippen LogP contribution in [0.4, 0.5) is 5.69 Å². The van der Waals surface area contributed by atoms with Crippen molar-refractivity contribution in [3.63, 3.8) is 0 Å². The normalized spacial score (nSPS) is 10.1. The molecule has 0 radical (unpaired) electrons. The predicted octanol–water partition coefficient (Wildman–Crippen LogP) is 2.31. The maximum absolute atomic E-state index is 8.57. The highest BCUT2D eigenvalue weighted by molar-refractivity contribution is 6.29. The highest BCUT2D eigenvalue weighted by Crippen LogP contribution is 2.11. The third-order valence-corrected chi connectivity index (χ3v) is 2.10. The molecule has 0 amide bonds. The number of anilines is 1. The third-order valence-electron chi connectivity index (χ3n) is 1.89. The zero-order valence-electron chi connectivity index (χ0n) is 8.04. The van der Waals surface area contributed by atoms with Crippen molar-refractivity contribution in [2.45, 2.75) is 19.3 Å². The van der Waals surface area contributed by atoms with Crippen LogP contribution in [-0.4, -0.2) is 23.2 Å². The van der Waals surface area contributed by atoms with E-state index in [4.69, 9.17) is 16.7 Å². The standard InChI is InChI=1S/C10H15ClN2O/c11-10-8-9(4-6-13-10)12-5-2-1-3-7-14/h4,6,8,14H,1-3,5,7H2,(H,12,13). The molecule has 0 aliphatic carbocycles. The van der Waals surface area contributed by atoms with Gasteiger partial charge in [0.15, 0.2) is 0 Å². The summed E-state index contributed by atoms with van der Waals surface area (Å²) in [5.74, 6) is 0. The fourth-order valence-corrected chi connectivity index (χ4v) is 1.33. The first-order chi connectivity index (χ1) is 6.83. The topological polar surface area (TPSA) is 45.1 Å². The zero-order valence-corrected chi connectivity index (χ0v) is 8.80. The number of unbranched alkanes of at least 4 members (excludes halogenated alkanes) is 2. The van der Waals surface area contributed by atoms with Gasteiger partial charge in [-0.3, -0.25) is 0 Å². The van der Waals surface area contributed by atoms with Crippen LogP contribution >= 0.6 is 11.6 Å². The lowest BCUT2D eigenvalue weighted by Crippen LogP contribution is -2.01. The van der Waals surface area contributed by atoms with Crippen LogP contribution in [0.2, 0.25) is 5.15 Å². The lowest BCUT2D eigenvalue weighted by molar-refractivity contribution is 0.283. The lowest BCUT2D eigenvalue weighted by Gasteiger charge is -2.05. The summed E-state index contributed by atoms with van der Waals surface area (Å²) in [4.78, 5) is 3.89. The molecule has 0 atom stereocenters. The first-order valence-corrected chi connectivity index (χ1v) is 5.17. The van der Waals surface area contributed by atoms with Gasteiger partial charge in [-0.15, -0.1) is 0 Å². The van der Waals surface area contributed by atoms with Crippen LogP contribution in [0.25, 0.3) is 0 Å². The number of hydrogen-bond acceptors (Lipinski definition) is 3. The van der Waals surface area contributed by atoms with Crippen LogP contribution in [0.5, 0.6) is 0 Å². The molecule has 1 aromatic heterocycles. The first kappa shape index (κ1) is 11.3. The largest absolute Gasteiger partial charge is 0.396 e. The van der Waals surface area contributed by atoms with Gasteiger partial charge in [-0.25, -0.2) is 4.98 Å². The van der Waals surface area contributed by atoms with Gasteiger partial charge < -0.3 is 10.4 Å². The number of pyridine rings is 1. The monoisotopic (exact) mass is 214 g/mol. The molecule has 78 valence electrons. The molecule has 1 heterocycles. The van der Waals surface area contributed by atoms with E-state index in [1.165, 1.54) is 0 Å². The number of rotatable bonds is 6. The number of aliphatic hydroxyl groups excluding tert-OH is 1. The molecular weight excluding hydrogens is 200 g/mol. The summed E-state index contributed by atoms with van der Waals surface area (Å²) < 4.78 is 0. The van der Waals surface area contributed by atoms with Gasteiger partial charge in [0, 0.05) is 25.0 Å². The number of hydrogen-bond donors (Lipinski definition) is 2. The minimum atomic E-state index is 0.279. The fraction of sp³-hybridized carbons (Fsp3) is 0.500. The number of nitrogens with zero attached hydrogens (tertiary/aromatic N) is 1. The van der Waals surface area contributed by atoms with E-state index in [0.29, 0.717) is 5.15 Å². The SMILES string of the molecule is OCCCCCNc1ccnc(Cl)c1. The molecule has 14 heavy (non-hydrogen) atoms. The molecule has 1 aromatic rings. The Morgan fingerprint density at radius 1 is 1.36 bits per heavy atom. The summed E-state index contributed by atoms with van der Waals surface area (Å²) in [6, 6.07) is 3.69. The fourth-order valence-electron chi connectivity index (χ4n) is 1.16. The van der Waals surface area contributed by atoms with Crippen molar-refractivity contribution in [1.29, 1.82) is 0 Å². The van der Waals surface area contributed by atoms with Crippen molar-refractivity contribution < 1.29 is 5.11 Å². The van der Waals surface area contributed by atoms with Gasteiger partial charge in [-0.1, -0.05) is 11.6 Å². The van der Waals surface area contributed by atoms with Crippen LogP contribution in [-0.2, 0) is 0 Å². The zero-order chi connectivity index (χ0) is 10.2. The smallest absolute Gasteiger partial charge is 0.131 e. The van der Waals surface area contributed by atoms with Crippen molar-refractivity contribution in [3.05, 3.63) is 23.5 Å². The van der Waals surface area contributed by atoms with Crippen molar-refractivity contribution in [2.75, 3.05) is 18.5 Å². The van der Waals surface area contributed by atoms with E-state index in [9.17, 15) is 0 Å². The number of aromatic nitrogens is 1. The Morgan fingerprint density at radius 3 is 2.93 bits per heavy atom. The summed E-state index contributed by atoms with van der Waals surface area (Å²) in [5.41, 5.74) is 0.994. The Balaban J connectivity index is 2.18. The second kappa shape index (κ2) is 6.62. The summed E-state index contributed by atoms with van der Waals surface area (Å²) in [5, 5.41) is 12.3. The van der Waals surface area contributed by atoms with Crippen LogP contribution in [0, 0.1) is 0 Å². The summed E-state index contributed by atoms with van der Waals surface area (Å²) in [7, 11) is 0. The van der Waals surface area contributed by atoms with Crippen LogP contribution < -0.4 is 5.32 Å². The van der Waals surface area contributed by atoms with Gasteiger partial charge in [0.2, 0.25) is 0 Å². The van der Waals surface area contributed by atoms with E-state index in [1.807, 2.05) is 6.07 Å². The first-order valence-electron chi connectivity index (χ1n) is 4.79.